The first-order valence-electron chi connectivity index (χ1n) is 8.53. The molecule has 3 rings (SSSR count). The molecule has 8 heteroatoms. The number of anilines is 1. The zero-order valence-corrected chi connectivity index (χ0v) is 15.0. The number of Topliss-reactive ketones (excluding diaryl/α,β-unsaturated/α-hetero) is 1. The molecule has 0 bridgehead atoms. The molecule has 2 N–H and O–H groups in total. The third-order valence-corrected chi connectivity index (χ3v) is 4.37. The molecular weight excluding hydrogens is 367 g/mol. The lowest BCUT2D eigenvalue weighted by atomic mass is 9.99. The third-order valence-electron chi connectivity index (χ3n) is 4.37. The molecule has 7 nitrogen and oxygen atoms in total. The first-order chi connectivity index (χ1) is 13.4. The smallest absolute Gasteiger partial charge is 0.325 e. The highest BCUT2D eigenvalue weighted by molar-refractivity contribution is 6.05. The number of ether oxygens (including phenoxy) is 1. The molecule has 0 saturated heterocycles. The van der Waals surface area contributed by atoms with Crippen LogP contribution in [-0.4, -0.2) is 36.7 Å². The number of fused-ring (bicyclic) bond motifs is 1. The molecule has 0 fully saturated rings. The van der Waals surface area contributed by atoms with Crippen molar-refractivity contribution in [2.45, 2.75) is 12.8 Å². The van der Waals surface area contributed by atoms with Crippen LogP contribution in [0.4, 0.5) is 10.1 Å². The molecule has 2 aromatic carbocycles. The standard InChI is InChI=1S/C20H17FN2O5/c1-11-14-8-12(6-7-16(14)23-19(11)26)17(24)10-28-18(25)9-22-20(27)13-4-2-3-5-15(13)21/h2-8,11H,9-10H2,1H3,(H,22,27)(H,23,26)/t11-/m1/s1. The van der Waals surface area contributed by atoms with E-state index in [1.807, 2.05) is 0 Å². The first-order valence-corrected chi connectivity index (χ1v) is 8.53. The number of benzene rings is 2. The molecule has 144 valence electrons. The van der Waals surface area contributed by atoms with Gasteiger partial charge < -0.3 is 15.4 Å². The minimum atomic E-state index is -0.829. The van der Waals surface area contributed by atoms with Gasteiger partial charge in [-0.25, -0.2) is 4.39 Å². The van der Waals surface area contributed by atoms with Crippen molar-refractivity contribution in [3.8, 4) is 0 Å². The van der Waals surface area contributed by atoms with Crippen LogP contribution < -0.4 is 10.6 Å². The number of nitrogens with one attached hydrogen (secondary N) is 2. The summed E-state index contributed by atoms with van der Waals surface area (Å²) in [5.41, 5.74) is 1.48. The molecule has 0 radical (unpaired) electrons. The number of esters is 1. The lowest BCUT2D eigenvalue weighted by Crippen LogP contribution is -2.32. The van der Waals surface area contributed by atoms with E-state index in [0.717, 1.165) is 6.07 Å². The Bertz CT molecular complexity index is 973. The van der Waals surface area contributed by atoms with Crippen LogP contribution in [-0.2, 0) is 14.3 Å². The number of amides is 2. The van der Waals surface area contributed by atoms with Crippen LogP contribution in [0.5, 0.6) is 0 Å². The van der Waals surface area contributed by atoms with Crippen LogP contribution in [0.25, 0.3) is 0 Å². The van der Waals surface area contributed by atoms with E-state index < -0.39 is 36.6 Å². The van der Waals surface area contributed by atoms with Crippen molar-refractivity contribution in [2.75, 3.05) is 18.5 Å². The maximum atomic E-state index is 13.5. The Labute approximate surface area is 159 Å². The van der Waals surface area contributed by atoms with Crippen LogP contribution in [0, 0.1) is 5.82 Å². The Morgan fingerprint density at radius 2 is 1.93 bits per heavy atom. The molecule has 1 heterocycles. The van der Waals surface area contributed by atoms with Gasteiger partial charge in [0.2, 0.25) is 5.91 Å². The van der Waals surface area contributed by atoms with E-state index >= 15 is 0 Å². The molecule has 2 amide bonds. The zero-order chi connectivity index (χ0) is 20.3. The highest BCUT2D eigenvalue weighted by Crippen LogP contribution is 2.32. The highest BCUT2D eigenvalue weighted by Gasteiger charge is 2.27. The van der Waals surface area contributed by atoms with Gasteiger partial charge in [0.05, 0.1) is 11.5 Å². The summed E-state index contributed by atoms with van der Waals surface area (Å²) in [6, 6.07) is 10.1. The fourth-order valence-electron chi connectivity index (χ4n) is 2.76. The minimum absolute atomic E-state index is 0.142. The fraction of sp³-hybridized carbons (Fsp3) is 0.200. The molecule has 0 unspecified atom stereocenters. The van der Waals surface area contributed by atoms with Crippen molar-refractivity contribution in [1.82, 2.24) is 5.32 Å². The number of halogens is 1. The summed E-state index contributed by atoms with van der Waals surface area (Å²) in [7, 11) is 0. The summed E-state index contributed by atoms with van der Waals surface area (Å²) in [6.45, 7) is 0.719. The number of ketones is 1. The topological polar surface area (TPSA) is 102 Å². The fourth-order valence-corrected chi connectivity index (χ4v) is 2.76. The van der Waals surface area contributed by atoms with E-state index in [2.05, 4.69) is 10.6 Å². The zero-order valence-electron chi connectivity index (χ0n) is 15.0. The normalized spacial score (nSPS) is 14.8. The van der Waals surface area contributed by atoms with Gasteiger partial charge in [0, 0.05) is 11.3 Å². The van der Waals surface area contributed by atoms with Crippen LogP contribution >= 0.6 is 0 Å². The lowest BCUT2D eigenvalue weighted by molar-refractivity contribution is -0.141. The maximum Gasteiger partial charge on any atom is 0.325 e. The molecule has 1 aliphatic heterocycles. The largest absolute Gasteiger partial charge is 0.456 e. The molecule has 0 aromatic heterocycles. The Hall–Kier alpha value is -3.55. The summed E-state index contributed by atoms with van der Waals surface area (Å²) in [5.74, 6) is -3.24. The molecule has 2 aromatic rings. The number of carbonyl (C=O) groups is 4. The summed E-state index contributed by atoms with van der Waals surface area (Å²) >= 11 is 0. The summed E-state index contributed by atoms with van der Waals surface area (Å²) in [4.78, 5) is 47.5. The van der Waals surface area contributed by atoms with E-state index in [1.165, 1.54) is 24.3 Å². The Morgan fingerprint density at radius 3 is 2.68 bits per heavy atom. The monoisotopic (exact) mass is 384 g/mol. The second-order valence-electron chi connectivity index (χ2n) is 6.26. The van der Waals surface area contributed by atoms with Crippen LogP contribution in [0.15, 0.2) is 42.5 Å². The molecular formula is C20H17FN2O5. The van der Waals surface area contributed by atoms with E-state index in [-0.39, 0.29) is 17.4 Å². The lowest BCUT2D eigenvalue weighted by Gasteiger charge is -2.08. The van der Waals surface area contributed by atoms with Crippen LogP contribution in [0.1, 0.15) is 39.1 Å². The first kappa shape index (κ1) is 19.2. The van der Waals surface area contributed by atoms with Gasteiger partial charge in [-0.1, -0.05) is 12.1 Å². The van der Waals surface area contributed by atoms with Crippen molar-refractivity contribution in [3.05, 3.63) is 65.0 Å². The third kappa shape index (κ3) is 4.06. The Kier molecular flexibility index (Phi) is 5.49. The SMILES string of the molecule is C[C@H]1C(=O)Nc2ccc(C(=O)COC(=O)CNC(=O)c3ccccc3F)cc21. The van der Waals surface area contributed by atoms with Gasteiger partial charge in [0.1, 0.15) is 12.4 Å². The number of rotatable bonds is 6. The van der Waals surface area contributed by atoms with Gasteiger partial charge in [-0.3, -0.25) is 19.2 Å². The van der Waals surface area contributed by atoms with Gasteiger partial charge in [-0.2, -0.15) is 0 Å². The average Bonchev–Trinajstić information content (AvgIpc) is 2.98. The minimum Gasteiger partial charge on any atom is -0.456 e. The quantitative estimate of drug-likeness (QED) is 0.586. The predicted octanol–water partition coefficient (Wildman–Crippen LogP) is 2.04. The molecule has 0 saturated carbocycles. The van der Waals surface area contributed by atoms with Crippen molar-refractivity contribution < 1.29 is 28.3 Å². The molecule has 0 aliphatic carbocycles. The van der Waals surface area contributed by atoms with Crippen LogP contribution in [0.2, 0.25) is 0 Å². The summed E-state index contributed by atoms with van der Waals surface area (Å²) < 4.78 is 18.4. The number of hydrogen-bond acceptors (Lipinski definition) is 5. The highest BCUT2D eigenvalue weighted by atomic mass is 19.1. The van der Waals surface area contributed by atoms with Crippen LogP contribution in [0.3, 0.4) is 0 Å². The van der Waals surface area contributed by atoms with E-state index in [9.17, 15) is 23.6 Å². The van der Waals surface area contributed by atoms with Crippen molar-refractivity contribution in [1.29, 1.82) is 0 Å². The maximum absolute atomic E-state index is 13.5. The Morgan fingerprint density at radius 1 is 1.18 bits per heavy atom. The number of carbonyl (C=O) groups excluding carboxylic acids is 4. The second kappa shape index (κ2) is 7.99. The van der Waals surface area contributed by atoms with Crippen molar-refractivity contribution in [2.24, 2.45) is 0 Å². The molecule has 28 heavy (non-hydrogen) atoms. The molecule has 1 aliphatic rings. The van der Waals surface area contributed by atoms with Gasteiger partial charge in [-0.05, 0) is 42.8 Å². The van der Waals surface area contributed by atoms with Gasteiger partial charge in [-0.15, -0.1) is 0 Å². The van der Waals surface area contributed by atoms with E-state index in [4.69, 9.17) is 4.74 Å². The van der Waals surface area contributed by atoms with Gasteiger partial charge >= 0.3 is 5.97 Å². The van der Waals surface area contributed by atoms with Gasteiger partial charge in [0.15, 0.2) is 12.4 Å². The van der Waals surface area contributed by atoms with E-state index in [1.54, 1.807) is 19.1 Å². The summed E-state index contributed by atoms with van der Waals surface area (Å²) in [5, 5.41) is 4.94. The predicted molar refractivity (Wildman–Crippen MR) is 97.5 cm³/mol. The Balaban J connectivity index is 1.51. The van der Waals surface area contributed by atoms with Crippen molar-refractivity contribution >= 4 is 29.3 Å². The molecule has 0 spiro atoms. The number of hydrogen-bond donors (Lipinski definition) is 2. The van der Waals surface area contributed by atoms with Gasteiger partial charge in [0.25, 0.3) is 5.91 Å². The van der Waals surface area contributed by atoms with Crippen molar-refractivity contribution in [3.63, 3.8) is 0 Å². The molecule has 1 atom stereocenters. The summed E-state index contributed by atoms with van der Waals surface area (Å²) in [6.07, 6.45) is 0. The van der Waals surface area contributed by atoms with E-state index in [0.29, 0.717) is 16.8 Å². The second-order valence-corrected chi connectivity index (χ2v) is 6.26. The average molecular weight is 384 g/mol.